The number of aromatic amines is 1. The van der Waals surface area contributed by atoms with Crippen molar-refractivity contribution >= 4 is 43.1 Å². The van der Waals surface area contributed by atoms with Crippen molar-refractivity contribution in [2.24, 2.45) is 17.6 Å². The molecule has 0 spiro atoms. The second-order valence-corrected chi connectivity index (χ2v) is 6.17. The van der Waals surface area contributed by atoms with Gasteiger partial charge in [0.1, 0.15) is 5.82 Å². The highest BCUT2D eigenvalue weighted by Gasteiger charge is 2.35. The Morgan fingerprint density at radius 3 is 2.50 bits per heavy atom. The van der Waals surface area contributed by atoms with Gasteiger partial charge < -0.3 is 15.6 Å². The van der Waals surface area contributed by atoms with Crippen LogP contribution in [0.2, 0.25) is 0 Å². The smallest absolute Gasteiger partial charge is 0.226 e. The third-order valence-electron chi connectivity index (χ3n) is 4.89. The number of imidazole rings is 1. The Hall–Kier alpha value is -0.530. The third-order valence-corrected chi connectivity index (χ3v) is 4.89. The van der Waals surface area contributed by atoms with Gasteiger partial charge in [-0.1, -0.05) is 6.42 Å². The van der Waals surface area contributed by atoms with E-state index in [-0.39, 0.29) is 43.1 Å². The Balaban J connectivity index is 0.00000176. The highest BCUT2D eigenvalue weighted by molar-refractivity contribution is 5.86. The minimum atomic E-state index is 0. The molecule has 1 aliphatic heterocycles. The number of halogens is 3. The van der Waals surface area contributed by atoms with Gasteiger partial charge in [0.15, 0.2) is 0 Å². The predicted molar refractivity (Wildman–Crippen MR) is 102 cm³/mol. The van der Waals surface area contributed by atoms with Crippen LogP contribution in [0.3, 0.4) is 0 Å². The molecule has 0 bridgehead atoms. The molecule has 3 rings (SSSR count). The van der Waals surface area contributed by atoms with Crippen molar-refractivity contribution in [1.82, 2.24) is 19.8 Å². The van der Waals surface area contributed by atoms with Gasteiger partial charge in [-0.15, -0.1) is 37.2 Å². The van der Waals surface area contributed by atoms with Crippen LogP contribution in [0.25, 0.3) is 0 Å². The summed E-state index contributed by atoms with van der Waals surface area (Å²) in [5.74, 6) is 1.90. The van der Waals surface area contributed by atoms with E-state index in [1.807, 2.05) is 11.1 Å². The van der Waals surface area contributed by atoms with E-state index in [1.165, 1.54) is 0 Å². The Bertz CT molecular complexity index is 466. The molecular weight excluding hydrogens is 373 g/mol. The van der Waals surface area contributed by atoms with Gasteiger partial charge in [-0.05, 0) is 25.3 Å². The number of piperazine rings is 1. The maximum absolute atomic E-state index is 12.6. The molecule has 0 aromatic carbocycles. The fourth-order valence-electron chi connectivity index (χ4n) is 3.60. The molecule has 3 N–H and O–H groups in total. The van der Waals surface area contributed by atoms with Gasteiger partial charge in [0.2, 0.25) is 5.91 Å². The second-order valence-electron chi connectivity index (χ2n) is 6.17. The van der Waals surface area contributed by atoms with Crippen LogP contribution in [-0.4, -0.2) is 58.4 Å². The predicted octanol–water partition coefficient (Wildman–Crippen LogP) is 1.69. The van der Waals surface area contributed by atoms with Crippen molar-refractivity contribution < 1.29 is 4.79 Å². The lowest BCUT2D eigenvalue weighted by molar-refractivity contribution is -0.138. The summed E-state index contributed by atoms with van der Waals surface area (Å²) in [6.45, 7) is 4.98. The van der Waals surface area contributed by atoms with Gasteiger partial charge >= 0.3 is 0 Å². The van der Waals surface area contributed by atoms with E-state index in [0.29, 0.717) is 18.4 Å². The first kappa shape index (κ1) is 23.5. The highest BCUT2D eigenvalue weighted by atomic mass is 35.5. The first-order valence-electron chi connectivity index (χ1n) is 7.97. The van der Waals surface area contributed by atoms with Crippen molar-refractivity contribution in [3.05, 3.63) is 18.2 Å². The van der Waals surface area contributed by atoms with Crippen molar-refractivity contribution in [3.8, 4) is 0 Å². The van der Waals surface area contributed by atoms with Crippen LogP contribution in [0.15, 0.2) is 12.4 Å². The first-order chi connectivity index (χ1) is 10.3. The van der Waals surface area contributed by atoms with Crippen LogP contribution < -0.4 is 5.73 Å². The van der Waals surface area contributed by atoms with Gasteiger partial charge in [0, 0.05) is 44.5 Å². The van der Waals surface area contributed by atoms with Crippen LogP contribution in [-0.2, 0) is 11.3 Å². The minimum absolute atomic E-state index is 0. The summed E-state index contributed by atoms with van der Waals surface area (Å²) in [4.78, 5) is 24.4. The lowest BCUT2D eigenvalue weighted by Gasteiger charge is -2.36. The molecule has 6 nitrogen and oxygen atoms in total. The van der Waals surface area contributed by atoms with Gasteiger partial charge in [0.05, 0.1) is 6.54 Å². The number of nitrogens with zero attached hydrogens (tertiary/aromatic N) is 3. The fourth-order valence-corrected chi connectivity index (χ4v) is 3.60. The van der Waals surface area contributed by atoms with E-state index >= 15 is 0 Å². The van der Waals surface area contributed by atoms with Gasteiger partial charge in [0.25, 0.3) is 0 Å². The zero-order valence-corrected chi connectivity index (χ0v) is 16.2. The summed E-state index contributed by atoms with van der Waals surface area (Å²) in [6, 6.07) is 0. The highest BCUT2D eigenvalue weighted by Crippen LogP contribution is 2.32. The molecule has 1 saturated heterocycles. The number of hydrogen-bond donors (Lipinski definition) is 2. The molecular formula is C15H28Cl3N5O. The first-order valence-corrected chi connectivity index (χ1v) is 7.97. The minimum Gasteiger partial charge on any atom is -0.348 e. The Morgan fingerprint density at radius 1 is 1.21 bits per heavy atom. The molecule has 1 aliphatic carbocycles. The number of hydrogen-bond acceptors (Lipinski definition) is 4. The maximum atomic E-state index is 12.6. The number of nitrogens with one attached hydrogen (secondary N) is 1. The van der Waals surface area contributed by atoms with E-state index in [2.05, 4.69) is 14.9 Å². The van der Waals surface area contributed by atoms with E-state index in [9.17, 15) is 4.79 Å². The third kappa shape index (κ3) is 5.49. The average molecular weight is 401 g/mol. The SMILES string of the molecule is Cl.Cl.Cl.NC[C@H]1CCC[C@H]1C(=O)N1CCN(Cc2ncc[nH]2)CC1. The van der Waals surface area contributed by atoms with Crippen molar-refractivity contribution in [2.45, 2.75) is 25.8 Å². The van der Waals surface area contributed by atoms with Crippen LogP contribution in [0, 0.1) is 11.8 Å². The van der Waals surface area contributed by atoms with Gasteiger partial charge in [-0.2, -0.15) is 0 Å². The maximum Gasteiger partial charge on any atom is 0.226 e. The molecule has 24 heavy (non-hydrogen) atoms. The molecule has 1 aromatic heterocycles. The molecule has 1 saturated carbocycles. The normalized spacial score (nSPS) is 23.8. The summed E-state index contributed by atoms with van der Waals surface area (Å²) >= 11 is 0. The largest absolute Gasteiger partial charge is 0.348 e. The quantitative estimate of drug-likeness (QED) is 0.806. The van der Waals surface area contributed by atoms with Gasteiger partial charge in [-0.3, -0.25) is 9.69 Å². The van der Waals surface area contributed by atoms with Crippen molar-refractivity contribution in [2.75, 3.05) is 32.7 Å². The standard InChI is InChI=1S/C15H25N5O.3ClH/c16-10-12-2-1-3-13(12)15(21)20-8-6-19(7-9-20)11-14-17-4-5-18-14;;;/h4-5,12-13H,1-3,6-11,16H2,(H,17,18);3*1H/t12-,13-;;;/m1.../s1. The van der Waals surface area contributed by atoms with E-state index in [0.717, 1.165) is 57.8 Å². The number of carbonyl (C=O) groups excluding carboxylic acids is 1. The zero-order valence-electron chi connectivity index (χ0n) is 13.7. The Morgan fingerprint density at radius 2 is 1.92 bits per heavy atom. The molecule has 2 heterocycles. The van der Waals surface area contributed by atoms with Gasteiger partial charge in [-0.25, -0.2) is 4.98 Å². The number of carbonyl (C=O) groups is 1. The molecule has 2 atom stereocenters. The van der Waals surface area contributed by atoms with Crippen LogP contribution in [0.5, 0.6) is 0 Å². The number of amides is 1. The van der Waals surface area contributed by atoms with Crippen LogP contribution in [0.1, 0.15) is 25.1 Å². The molecule has 1 amide bonds. The molecule has 2 fully saturated rings. The van der Waals surface area contributed by atoms with Crippen LogP contribution in [0.4, 0.5) is 0 Å². The second kappa shape index (κ2) is 11.2. The summed E-state index contributed by atoms with van der Waals surface area (Å²) in [7, 11) is 0. The average Bonchev–Trinajstić information content (AvgIpc) is 3.18. The summed E-state index contributed by atoms with van der Waals surface area (Å²) < 4.78 is 0. The number of rotatable bonds is 4. The van der Waals surface area contributed by atoms with Crippen molar-refractivity contribution in [1.29, 1.82) is 0 Å². The Kier molecular flexibility index (Phi) is 10.9. The molecule has 1 aromatic rings. The topological polar surface area (TPSA) is 78.2 Å². The summed E-state index contributed by atoms with van der Waals surface area (Å²) in [6.07, 6.45) is 6.92. The van der Waals surface area contributed by atoms with Crippen molar-refractivity contribution in [3.63, 3.8) is 0 Å². The summed E-state index contributed by atoms with van der Waals surface area (Å²) in [5.41, 5.74) is 5.80. The zero-order chi connectivity index (χ0) is 14.7. The van der Waals surface area contributed by atoms with E-state index < -0.39 is 0 Å². The number of H-pyrrole nitrogens is 1. The molecule has 140 valence electrons. The number of nitrogens with two attached hydrogens (primary N) is 1. The van der Waals surface area contributed by atoms with E-state index in [4.69, 9.17) is 5.73 Å². The Labute approximate surface area is 162 Å². The fraction of sp³-hybridized carbons (Fsp3) is 0.733. The summed E-state index contributed by atoms with van der Waals surface area (Å²) in [5, 5.41) is 0. The lowest BCUT2D eigenvalue weighted by Crippen LogP contribution is -2.50. The molecule has 2 aliphatic rings. The van der Waals surface area contributed by atoms with Crippen LogP contribution >= 0.6 is 37.2 Å². The lowest BCUT2D eigenvalue weighted by atomic mass is 9.94. The monoisotopic (exact) mass is 399 g/mol. The molecule has 9 heteroatoms. The number of aromatic nitrogens is 2. The molecule has 0 unspecified atom stereocenters. The van der Waals surface area contributed by atoms with E-state index in [1.54, 1.807) is 6.20 Å². The molecule has 0 radical (unpaired) electrons.